The minimum Gasteiger partial charge on any atom is -0.494 e. The number of benzene rings is 3. The zero-order valence-electron chi connectivity index (χ0n) is 18.4. The average molecular weight is 460 g/mol. The zero-order chi connectivity index (χ0) is 24.1. The average Bonchev–Trinajstić information content (AvgIpc) is 3.35. The van der Waals surface area contributed by atoms with Crippen molar-refractivity contribution in [2.24, 2.45) is 0 Å². The van der Waals surface area contributed by atoms with Gasteiger partial charge in [0.15, 0.2) is 5.76 Å². The Morgan fingerprint density at radius 3 is 1.97 bits per heavy atom. The molecule has 7 nitrogen and oxygen atoms in total. The number of rotatable bonds is 7. The molecule has 0 radical (unpaired) electrons. The normalized spacial score (nSPS) is 10.4. The Morgan fingerprint density at radius 1 is 0.765 bits per heavy atom. The number of carbonyl (C=O) groups excluding carboxylic acids is 2. The fourth-order valence-corrected chi connectivity index (χ4v) is 3.33. The van der Waals surface area contributed by atoms with Crippen LogP contribution >= 0.6 is 0 Å². The molecule has 172 valence electrons. The van der Waals surface area contributed by atoms with E-state index in [1.807, 2.05) is 6.07 Å². The first kappa shape index (κ1) is 22.6. The van der Waals surface area contributed by atoms with E-state index in [0.29, 0.717) is 28.4 Å². The number of nitrogens with one attached hydrogen (secondary N) is 2. The molecule has 3 aromatic carbocycles. The molecule has 0 spiro atoms. The third-order valence-corrected chi connectivity index (χ3v) is 5.02. The van der Waals surface area contributed by atoms with Gasteiger partial charge in [-0.3, -0.25) is 9.59 Å². The van der Waals surface area contributed by atoms with E-state index in [4.69, 9.17) is 13.9 Å². The number of hydrogen-bond acceptors (Lipinski definition) is 5. The van der Waals surface area contributed by atoms with Crippen LogP contribution in [0.4, 0.5) is 15.8 Å². The van der Waals surface area contributed by atoms with Crippen molar-refractivity contribution in [3.8, 4) is 22.8 Å². The summed E-state index contributed by atoms with van der Waals surface area (Å²) in [6.07, 6.45) is 0. The van der Waals surface area contributed by atoms with Gasteiger partial charge in [0, 0.05) is 17.7 Å². The van der Waals surface area contributed by atoms with Gasteiger partial charge in [-0.1, -0.05) is 30.3 Å². The number of hydrogen-bond donors (Lipinski definition) is 2. The van der Waals surface area contributed by atoms with E-state index in [1.54, 1.807) is 48.5 Å². The number of anilines is 2. The molecule has 8 heteroatoms. The van der Waals surface area contributed by atoms with Crippen LogP contribution in [0.25, 0.3) is 11.3 Å². The lowest BCUT2D eigenvalue weighted by atomic mass is 10.1. The molecule has 0 fully saturated rings. The number of methoxy groups -OCH3 is 2. The quantitative estimate of drug-likeness (QED) is 0.374. The summed E-state index contributed by atoms with van der Waals surface area (Å²) < 4.78 is 30.4. The van der Waals surface area contributed by atoms with E-state index in [9.17, 15) is 14.0 Å². The third kappa shape index (κ3) is 4.75. The van der Waals surface area contributed by atoms with Gasteiger partial charge in [0.2, 0.25) is 0 Å². The second kappa shape index (κ2) is 9.91. The number of amides is 2. The van der Waals surface area contributed by atoms with Crippen LogP contribution in [0.1, 0.15) is 20.9 Å². The first-order valence-electron chi connectivity index (χ1n) is 10.3. The van der Waals surface area contributed by atoms with Crippen molar-refractivity contribution in [3.63, 3.8) is 0 Å². The van der Waals surface area contributed by atoms with E-state index in [2.05, 4.69) is 10.6 Å². The molecule has 0 bridgehead atoms. The van der Waals surface area contributed by atoms with Gasteiger partial charge in [-0.05, 0) is 36.4 Å². The predicted octanol–water partition coefficient (Wildman–Crippen LogP) is 5.61. The molecular formula is C26H21FN2O5. The second-order valence-corrected chi connectivity index (χ2v) is 7.17. The van der Waals surface area contributed by atoms with Crippen molar-refractivity contribution in [1.82, 2.24) is 0 Å². The van der Waals surface area contributed by atoms with Gasteiger partial charge >= 0.3 is 0 Å². The molecule has 2 N–H and O–H groups in total. The molecule has 1 aromatic heterocycles. The van der Waals surface area contributed by atoms with Crippen molar-refractivity contribution in [1.29, 1.82) is 0 Å². The minimum absolute atomic E-state index is 0.0132. The Labute approximate surface area is 195 Å². The molecule has 0 aliphatic rings. The van der Waals surface area contributed by atoms with E-state index < -0.39 is 11.7 Å². The van der Waals surface area contributed by atoms with Gasteiger partial charge in [-0.15, -0.1) is 0 Å². The molecule has 0 unspecified atom stereocenters. The van der Waals surface area contributed by atoms with Crippen LogP contribution in [0.5, 0.6) is 11.5 Å². The Kier molecular flexibility index (Phi) is 6.59. The summed E-state index contributed by atoms with van der Waals surface area (Å²) in [4.78, 5) is 25.4. The standard InChI is InChI=1S/C26H21FN2O5/c1-32-23-15-20(24(33-2)14-19(23)28-25(30)16-8-4-3-5-9-16)29-26(31)22-13-12-21(34-22)17-10-6-7-11-18(17)27/h3-15H,1-2H3,(H,28,30)(H,29,31). The lowest BCUT2D eigenvalue weighted by molar-refractivity contribution is 0.0994. The lowest BCUT2D eigenvalue weighted by Gasteiger charge is -2.16. The summed E-state index contributed by atoms with van der Waals surface area (Å²) in [7, 11) is 2.88. The predicted molar refractivity (Wildman–Crippen MR) is 126 cm³/mol. The molecule has 0 saturated carbocycles. The Balaban J connectivity index is 1.57. The van der Waals surface area contributed by atoms with Crippen LogP contribution < -0.4 is 20.1 Å². The highest BCUT2D eigenvalue weighted by Gasteiger charge is 2.19. The number of ether oxygens (including phenoxy) is 2. The van der Waals surface area contributed by atoms with Crippen molar-refractivity contribution < 1.29 is 27.9 Å². The molecule has 0 saturated heterocycles. The molecule has 0 atom stereocenters. The summed E-state index contributed by atoms with van der Waals surface area (Å²) in [5.41, 5.74) is 1.39. The third-order valence-electron chi connectivity index (χ3n) is 5.02. The number of furan rings is 1. The van der Waals surface area contributed by atoms with Crippen LogP contribution in [0, 0.1) is 5.82 Å². The SMILES string of the molecule is COc1cc(NC(=O)c2ccc(-c3ccccc3F)o2)c(OC)cc1NC(=O)c1ccccc1. The smallest absolute Gasteiger partial charge is 0.291 e. The van der Waals surface area contributed by atoms with Crippen LogP contribution in [0.3, 0.4) is 0 Å². The molecule has 4 aromatic rings. The maximum atomic E-state index is 14.0. The van der Waals surface area contributed by atoms with Crippen molar-refractivity contribution in [2.75, 3.05) is 24.9 Å². The molecule has 2 amide bonds. The first-order valence-corrected chi connectivity index (χ1v) is 10.3. The molecular weight excluding hydrogens is 439 g/mol. The van der Waals surface area contributed by atoms with Gasteiger partial charge in [0.25, 0.3) is 11.8 Å². The summed E-state index contributed by atoms with van der Waals surface area (Å²) >= 11 is 0. The van der Waals surface area contributed by atoms with Crippen LogP contribution in [0.2, 0.25) is 0 Å². The Hall–Kier alpha value is -4.59. The fraction of sp³-hybridized carbons (Fsp3) is 0.0769. The van der Waals surface area contributed by atoms with E-state index in [-0.39, 0.29) is 23.0 Å². The van der Waals surface area contributed by atoms with Crippen LogP contribution in [0.15, 0.2) is 83.3 Å². The fourth-order valence-electron chi connectivity index (χ4n) is 3.33. The topological polar surface area (TPSA) is 89.8 Å². The Bertz CT molecular complexity index is 1330. The summed E-state index contributed by atoms with van der Waals surface area (Å²) in [6, 6.07) is 20.9. The zero-order valence-corrected chi connectivity index (χ0v) is 18.4. The second-order valence-electron chi connectivity index (χ2n) is 7.17. The highest BCUT2D eigenvalue weighted by Crippen LogP contribution is 2.37. The first-order chi connectivity index (χ1) is 16.5. The molecule has 0 aliphatic carbocycles. The van der Waals surface area contributed by atoms with Gasteiger partial charge in [-0.25, -0.2) is 4.39 Å². The Morgan fingerprint density at radius 2 is 1.35 bits per heavy atom. The van der Waals surface area contributed by atoms with Crippen molar-refractivity contribution in [2.45, 2.75) is 0 Å². The van der Waals surface area contributed by atoms with E-state index >= 15 is 0 Å². The molecule has 0 aliphatic heterocycles. The van der Waals surface area contributed by atoms with Crippen molar-refractivity contribution >= 4 is 23.2 Å². The van der Waals surface area contributed by atoms with Gasteiger partial charge < -0.3 is 24.5 Å². The largest absolute Gasteiger partial charge is 0.494 e. The lowest BCUT2D eigenvalue weighted by Crippen LogP contribution is -2.14. The van der Waals surface area contributed by atoms with E-state index in [1.165, 1.54) is 38.5 Å². The van der Waals surface area contributed by atoms with E-state index in [0.717, 1.165) is 0 Å². The highest BCUT2D eigenvalue weighted by atomic mass is 19.1. The summed E-state index contributed by atoms with van der Waals surface area (Å²) in [5, 5.41) is 5.48. The molecule has 4 rings (SSSR count). The van der Waals surface area contributed by atoms with Gasteiger partial charge in [-0.2, -0.15) is 0 Å². The van der Waals surface area contributed by atoms with Crippen LogP contribution in [-0.2, 0) is 0 Å². The molecule has 1 heterocycles. The maximum absolute atomic E-state index is 14.0. The number of halogens is 1. The minimum atomic E-state index is -0.566. The highest BCUT2D eigenvalue weighted by molar-refractivity contribution is 6.06. The van der Waals surface area contributed by atoms with Gasteiger partial charge in [0.05, 0.1) is 31.2 Å². The van der Waals surface area contributed by atoms with Crippen molar-refractivity contribution in [3.05, 3.63) is 96.0 Å². The number of carbonyl (C=O) groups is 2. The summed E-state index contributed by atoms with van der Waals surface area (Å²) in [5.74, 6) is -0.529. The maximum Gasteiger partial charge on any atom is 0.291 e. The monoisotopic (exact) mass is 460 g/mol. The molecule has 34 heavy (non-hydrogen) atoms. The van der Waals surface area contributed by atoms with Gasteiger partial charge in [0.1, 0.15) is 23.1 Å². The van der Waals surface area contributed by atoms with Crippen LogP contribution in [-0.4, -0.2) is 26.0 Å². The summed E-state index contributed by atoms with van der Waals surface area (Å²) in [6.45, 7) is 0.